The molecule has 0 spiro atoms. The lowest BCUT2D eigenvalue weighted by Gasteiger charge is -2.62. The van der Waals surface area contributed by atoms with Crippen molar-refractivity contribution < 1.29 is 4.39 Å². The SMILES string of the molecule is N#Cc1cnc2c(Cl)cc(NC(C3=CN(C4CC4)NN3)c3ccc(F)cc3)cc2c1NC12CC(C1)C2. The number of nitriles is 1. The van der Waals surface area contributed by atoms with Gasteiger partial charge in [-0.25, -0.2) is 4.39 Å². The molecule has 4 aliphatic carbocycles. The van der Waals surface area contributed by atoms with E-state index in [2.05, 4.69) is 43.9 Å². The van der Waals surface area contributed by atoms with Crippen molar-refractivity contribution in [3.8, 4) is 6.07 Å². The van der Waals surface area contributed by atoms with Gasteiger partial charge in [-0.2, -0.15) is 5.26 Å². The predicted octanol–water partition coefficient (Wildman–Crippen LogP) is 5.35. The van der Waals surface area contributed by atoms with E-state index in [1.54, 1.807) is 18.3 Å². The molecular formula is C27H25ClFN7. The molecule has 1 aliphatic heterocycles. The number of halogens is 2. The molecule has 7 nitrogen and oxygen atoms in total. The fraction of sp³-hybridized carbons (Fsp3) is 0.333. The number of hydrazine groups is 2. The summed E-state index contributed by atoms with van der Waals surface area (Å²) < 4.78 is 13.7. The van der Waals surface area contributed by atoms with Gasteiger partial charge in [0.05, 0.1) is 33.5 Å². The van der Waals surface area contributed by atoms with Crippen LogP contribution in [-0.4, -0.2) is 21.6 Å². The first-order chi connectivity index (χ1) is 17.5. The molecule has 1 atom stereocenters. The number of nitrogens with zero attached hydrogens (tertiary/aromatic N) is 3. The molecule has 4 N–H and O–H groups in total. The van der Waals surface area contributed by atoms with Crippen LogP contribution in [0.5, 0.6) is 0 Å². The smallest absolute Gasteiger partial charge is 0.123 e. The molecule has 0 amide bonds. The second-order valence-electron chi connectivity index (χ2n) is 10.5. The Hall–Kier alpha value is -3.54. The second-order valence-corrected chi connectivity index (χ2v) is 10.9. The molecule has 36 heavy (non-hydrogen) atoms. The van der Waals surface area contributed by atoms with Gasteiger partial charge in [-0.1, -0.05) is 23.7 Å². The zero-order valence-corrected chi connectivity index (χ0v) is 20.2. The standard InChI is InChI=1S/C27H25ClFN7/c28-22-8-19(7-21-24(17(12-30)13-31-26(21)22)33-27-9-15(10-27)11-27)32-25(16-1-3-18(29)4-2-16)23-14-36(35-34-23)20-5-6-20/h1-4,7-8,13-15,20,25,32,34-35H,5-6,9-11H2,(H,31,33). The Morgan fingerprint density at radius 1 is 1.19 bits per heavy atom. The molecule has 2 aromatic carbocycles. The highest BCUT2D eigenvalue weighted by Crippen LogP contribution is 2.59. The van der Waals surface area contributed by atoms with Crippen molar-refractivity contribution in [2.45, 2.75) is 49.7 Å². The number of pyridine rings is 1. The number of hydrogen-bond acceptors (Lipinski definition) is 7. The molecule has 9 heteroatoms. The number of hydrogen-bond donors (Lipinski definition) is 4. The monoisotopic (exact) mass is 501 g/mol. The Kier molecular flexibility index (Phi) is 4.82. The van der Waals surface area contributed by atoms with E-state index in [0.29, 0.717) is 22.1 Å². The molecule has 4 saturated carbocycles. The number of benzene rings is 2. The molecule has 0 radical (unpaired) electrons. The van der Waals surface area contributed by atoms with Crippen LogP contribution in [-0.2, 0) is 0 Å². The van der Waals surface area contributed by atoms with Gasteiger partial charge < -0.3 is 16.1 Å². The summed E-state index contributed by atoms with van der Waals surface area (Å²) in [6, 6.07) is 12.8. The van der Waals surface area contributed by atoms with Crippen LogP contribution in [0, 0.1) is 23.1 Å². The first-order valence-corrected chi connectivity index (χ1v) is 12.7. The van der Waals surface area contributed by atoms with Gasteiger partial charge in [0.1, 0.15) is 11.9 Å². The maximum absolute atomic E-state index is 13.7. The third kappa shape index (κ3) is 3.62. The van der Waals surface area contributed by atoms with Gasteiger partial charge in [0.15, 0.2) is 0 Å². The Labute approximate surface area is 213 Å². The quantitative estimate of drug-likeness (QED) is 0.347. The fourth-order valence-electron chi connectivity index (χ4n) is 5.66. The van der Waals surface area contributed by atoms with Crippen molar-refractivity contribution >= 4 is 33.9 Å². The highest BCUT2D eigenvalue weighted by atomic mass is 35.5. The molecule has 1 unspecified atom stereocenters. The second kappa shape index (κ2) is 7.99. The summed E-state index contributed by atoms with van der Waals surface area (Å²) in [6.45, 7) is 0. The fourth-order valence-corrected chi connectivity index (χ4v) is 5.93. The molecule has 2 heterocycles. The maximum Gasteiger partial charge on any atom is 0.123 e. The van der Waals surface area contributed by atoms with Crippen molar-refractivity contribution in [1.29, 1.82) is 5.26 Å². The molecular weight excluding hydrogens is 477 g/mol. The topological polar surface area (TPSA) is 88.0 Å². The molecule has 5 aliphatic rings. The Bertz CT molecular complexity index is 1430. The van der Waals surface area contributed by atoms with Crippen LogP contribution in [0.15, 0.2) is 54.5 Å². The van der Waals surface area contributed by atoms with E-state index in [0.717, 1.165) is 66.0 Å². The highest BCUT2D eigenvalue weighted by molar-refractivity contribution is 6.35. The number of aromatic nitrogens is 1. The van der Waals surface area contributed by atoms with Gasteiger partial charge in [-0.3, -0.25) is 9.99 Å². The minimum absolute atomic E-state index is 0.0909. The molecule has 8 rings (SSSR count). The van der Waals surface area contributed by atoms with Gasteiger partial charge in [0, 0.05) is 35.1 Å². The Morgan fingerprint density at radius 3 is 2.64 bits per heavy atom. The summed E-state index contributed by atoms with van der Waals surface area (Å²) in [4.78, 5) is 4.50. The predicted molar refractivity (Wildman–Crippen MR) is 137 cm³/mol. The van der Waals surface area contributed by atoms with Crippen molar-refractivity contribution in [1.82, 2.24) is 21.0 Å². The molecule has 1 aromatic heterocycles. The summed E-state index contributed by atoms with van der Waals surface area (Å²) in [5.41, 5.74) is 11.2. The summed E-state index contributed by atoms with van der Waals surface area (Å²) in [5, 5.41) is 20.5. The Balaban J connectivity index is 1.28. The zero-order chi connectivity index (χ0) is 24.4. The molecule has 3 aromatic rings. The molecule has 0 saturated heterocycles. The van der Waals surface area contributed by atoms with E-state index in [4.69, 9.17) is 11.6 Å². The normalized spacial score (nSPS) is 24.8. The average Bonchev–Trinajstić information content (AvgIpc) is 3.56. The summed E-state index contributed by atoms with van der Waals surface area (Å²) in [6.07, 6.45) is 9.40. The van der Waals surface area contributed by atoms with E-state index >= 15 is 0 Å². The lowest BCUT2D eigenvalue weighted by molar-refractivity contribution is 0.00222. The maximum atomic E-state index is 13.7. The van der Waals surface area contributed by atoms with E-state index < -0.39 is 0 Å². The van der Waals surface area contributed by atoms with Crippen LogP contribution in [0.3, 0.4) is 0 Å². The van der Waals surface area contributed by atoms with E-state index in [1.807, 2.05) is 12.1 Å². The minimum Gasteiger partial charge on any atom is -0.378 e. The third-order valence-corrected chi connectivity index (χ3v) is 8.13. The van der Waals surface area contributed by atoms with Crippen molar-refractivity contribution in [3.05, 3.63) is 76.5 Å². The lowest BCUT2D eigenvalue weighted by atomic mass is 9.50. The number of anilines is 2. The minimum atomic E-state index is -0.281. The van der Waals surface area contributed by atoms with E-state index in [1.165, 1.54) is 12.1 Å². The van der Waals surface area contributed by atoms with Gasteiger partial charge in [-0.05, 0) is 67.9 Å². The van der Waals surface area contributed by atoms with Crippen LogP contribution in [0.2, 0.25) is 5.02 Å². The molecule has 4 fully saturated rings. The van der Waals surface area contributed by atoms with Gasteiger partial charge in [0.2, 0.25) is 0 Å². The molecule has 182 valence electrons. The van der Waals surface area contributed by atoms with E-state index in [-0.39, 0.29) is 17.4 Å². The van der Waals surface area contributed by atoms with Gasteiger partial charge in [0.25, 0.3) is 0 Å². The van der Waals surface area contributed by atoms with Gasteiger partial charge in [-0.15, -0.1) is 5.53 Å². The van der Waals surface area contributed by atoms with Gasteiger partial charge >= 0.3 is 0 Å². The first kappa shape index (κ1) is 21.7. The van der Waals surface area contributed by atoms with Crippen molar-refractivity contribution in [2.24, 2.45) is 5.92 Å². The number of fused-ring (bicyclic) bond motifs is 1. The Morgan fingerprint density at radius 2 is 1.97 bits per heavy atom. The van der Waals surface area contributed by atoms with Crippen LogP contribution < -0.4 is 21.6 Å². The number of rotatable bonds is 7. The van der Waals surface area contributed by atoms with Crippen LogP contribution >= 0.6 is 11.6 Å². The van der Waals surface area contributed by atoms with Crippen molar-refractivity contribution in [3.63, 3.8) is 0 Å². The molecule has 2 bridgehead atoms. The number of nitrogens with one attached hydrogen (secondary N) is 4. The van der Waals surface area contributed by atoms with Crippen LogP contribution in [0.1, 0.15) is 49.3 Å². The first-order valence-electron chi connectivity index (χ1n) is 12.3. The van der Waals surface area contributed by atoms with E-state index in [9.17, 15) is 9.65 Å². The third-order valence-electron chi connectivity index (χ3n) is 7.85. The largest absolute Gasteiger partial charge is 0.378 e. The summed E-state index contributed by atoms with van der Waals surface area (Å²) >= 11 is 6.73. The average molecular weight is 502 g/mol. The summed E-state index contributed by atoms with van der Waals surface area (Å²) in [5.74, 6) is 0.529. The summed E-state index contributed by atoms with van der Waals surface area (Å²) in [7, 11) is 0. The van der Waals surface area contributed by atoms with Crippen LogP contribution in [0.4, 0.5) is 15.8 Å². The lowest BCUT2D eigenvalue weighted by Crippen LogP contribution is -2.63. The zero-order valence-electron chi connectivity index (χ0n) is 19.5. The highest BCUT2D eigenvalue weighted by Gasteiger charge is 2.56. The van der Waals surface area contributed by atoms with Crippen molar-refractivity contribution in [2.75, 3.05) is 10.6 Å². The van der Waals surface area contributed by atoms with Crippen LogP contribution in [0.25, 0.3) is 10.9 Å².